The molecule has 0 aliphatic heterocycles. The third-order valence-corrected chi connectivity index (χ3v) is 10.4. The highest BCUT2D eigenvalue weighted by molar-refractivity contribution is 6.10. The fraction of sp³-hybridized carbons (Fsp3) is 0.152. The van der Waals surface area contributed by atoms with Gasteiger partial charge in [-0.25, -0.2) is 15.0 Å². The Morgan fingerprint density at radius 3 is 1.72 bits per heavy atom. The standard InChI is InChI=1S/C46H38N4/c1-45(2)29-46(3,4)39-27-32(23-25-38(39)45)31-16-13-17-33(26-31)43-47-42(30-14-7-5-8-15-30)48-44(49-43)34-22-24-37-36-20-11-12-21-40(36)50(41(37)28-34)35-18-9-6-10-19-35/h5-28H,29H2,1-4H3. The predicted octanol–water partition coefficient (Wildman–Crippen LogP) is 11.6. The molecule has 4 nitrogen and oxygen atoms in total. The quantitative estimate of drug-likeness (QED) is 0.187. The molecule has 9 rings (SSSR count). The maximum Gasteiger partial charge on any atom is 0.164 e. The van der Waals surface area contributed by atoms with Crippen molar-refractivity contribution in [3.8, 4) is 51.0 Å². The van der Waals surface area contributed by atoms with Crippen LogP contribution < -0.4 is 0 Å². The van der Waals surface area contributed by atoms with E-state index in [0.29, 0.717) is 17.5 Å². The van der Waals surface area contributed by atoms with Gasteiger partial charge in [-0.2, -0.15) is 0 Å². The number of para-hydroxylation sites is 2. The largest absolute Gasteiger partial charge is 0.309 e. The predicted molar refractivity (Wildman–Crippen MR) is 207 cm³/mol. The van der Waals surface area contributed by atoms with Crippen LogP contribution in [0.2, 0.25) is 0 Å². The summed E-state index contributed by atoms with van der Waals surface area (Å²) in [6.07, 6.45) is 1.15. The summed E-state index contributed by atoms with van der Waals surface area (Å²) in [7, 11) is 0. The van der Waals surface area contributed by atoms with Crippen LogP contribution in [-0.2, 0) is 10.8 Å². The number of nitrogens with zero attached hydrogens (tertiary/aromatic N) is 4. The molecule has 8 aromatic rings. The number of benzene rings is 6. The van der Waals surface area contributed by atoms with E-state index in [1.807, 2.05) is 18.2 Å². The molecule has 2 heterocycles. The van der Waals surface area contributed by atoms with Gasteiger partial charge in [0.2, 0.25) is 0 Å². The lowest BCUT2D eigenvalue weighted by Gasteiger charge is -2.22. The molecule has 0 saturated heterocycles. The Hall–Kier alpha value is -5.87. The van der Waals surface area contributed by atoms with E-state index in [4.69, 9.17) is 15.0 Å². The average molecular weight is 647 g/mol. The molecule has 6 aromatic carbocycles. The number of aromatic nitrogens is 4. The van der Waals surface area contributed by atoms with Crippen molar-refractivity contribution < 1.29 is 0 Å². The molecule has 0 bridgehead atoms. The maximum absolute atomic E-state index is 5.17. The van der Waals surface area contributed by atoms with E-state index in [1.165, 1.54) is 33.0 Å². The fourth-order valence-corrected chi connectivity index (χ4v) is 8.32. The molecule has 0 saturated carbocycles. The lowest BCUT2D eigenvalue weighted by atomic mass is 9.82. The second-order valence-electron chi connectivity index (χ2n) is 14.9. The van der Waals surface area contributed by atoms with Crippen LogP contribution >= 0.6 is 0 Å². The Labute approximate surface area is 293 Å². The van der Waals surface area contributed by atoms with Gasteiger partial charge in [0, 0.05) is 33.2 Å². The maximum atomic E-state index is 5.17. The third-order valence-electron chi connectivity index (χ3n) is 10.4. The first-order valence-corrected chi connectivity index (χ1v) is 17.4. The van der Waals surface area contributed by atoms with Crippen molar-refractivity contribution in [3.63, 3.8) is 0 Å². The zero-order valence-electron chi connectivity index (χ0n) is 28.9. The van der Waals surface area contributed by atoms with Crippen LogP contribution in [0.15, 0.2) is 146 Å². The van der Waals surface area contributed by atoms with Gasteiger partial charge in [0.15, 0.2) is 17.5 Å². The highest BCUT2D eigenvalue weighted by Gasteiger charge is 2.41. The van der Waals surface area contributed by atoms with Crippen LogP contribution in [0.25, 0.3) is 72.8 Å². The zero-order chi connectivity index (χ0) is 34.0. The molecule has 0 unspecified atom stereocenters. The topological polar surface area (TPSA) is 43.6 Å². The van der Waals surface area contributed by atoms with Crippen LogP contribution in [0.4, 0.5) is 0 Å². The lowest BCUT2D eigenvalue weighted by molar-refractivity contribution is 0.403. The Balaban J connectivity index is 1.20. The number of rotatable bonds is 5. The van der Waals surface area contributed by atoms with E-state index < -0.39 is 0 Å². The average Bonchev–Trinajstić information content (AvgIpc) is 3.58. The number of hydrogen-bond donors (Lipinski definition) is 0. The second kappa shape index (κ2) is 11.3. The third kappa shape index (κ3) is 5.02. The first-order chi connectivity index (χ1) is 24.2. The SMILES string of the molecule is CC1(C)CC(C)(C)c2cc(-c3cccc(-c4nc(-c5ccccc5)nc(-c5ccc6c7ccccc7n(-c7ccccc7)c6c5)n4)c3)ccc21. The van der Waals surface area contributed by atoms with Crippen molar-refractivity contribution in [2.45, 2.75) is 44.9 Å². The van der Waals surface area contributed by atoms with Gasteiger partial charge in [0.1, 0.15) is 0 Å². The molecule has 0 atom stereocenters. The fourth-order valence-electron chi connectivity index (χ4n) is 8.32. The molecule has 0 radical (unpaired) electrons. The van der Waals surface area contributed by atoms with Crippen LogP contribution in [0.3, 0.4) is 0 Å². The normalized spacial score (nSPS) is 14.6. The van der Waals surface area contributed by atoms with Crippen molar-refractivity contribution in [3.05, 3.63) is 157 Å². The molecule has 2 aromatic heterocycles. The molecule has 0 fully saturated rings. The van der Waals surface area contributed by atoms with Crippen molar-refractivity contribution in [1.29, 1.82) is 0 Å². The van der Waals surface area contributed by atoms with E-state index in [2.05, 4.69) is 160 Å². The summed E-state index contributed by atoms with van der Waals surface area (Å²) in [5.74, 6) is 1.95. The zero-order valence-corrected chi connectivity index (χ0v) is 28.9. The second-order valence-corrected chi connectivity index (χ2v) is 14.9. The molecule has 1 aliphatic carbocycles. The Bertz CT molecular complexity index is 2560. The summed E-state index contributed by atoms with van der Waals surface area (Å²) in [5.41, 5.74) is 11.8. The molecular weight excluding hydrogens is 609 g/mol. The summed E-state index contributed by atoms with van der Waals surface area (Å²) in [4.78, 5) is 15.3. The molecule has 242 valence electrons. The van der Waals surface area contributed by atoms with Crippen LogP contribution in [0.1, 0.15) is 45.2 Å². The van der Waals surface area contributed by atoms with Crippen molar-refractivity contribution in [2.75, 3.05) is 0 Å². The van der Waals surface area contributed by atoms with E-state index in [-0.39, 0.29) is 10.8 Å². The van der Waals surface area contributed by atoms with Gasteiger partial charge in [-0.05, 0) is 69.8 Å². The summed E-state index contributed by atoms with van der Waals surface area (Å²) in [6.45, 7) is 9.47. The first-order valence-electron chi connectivity index (χ1n) is 17.4. The molecule has 0 spiro atoms. The molecule has 0 amide bonds. The van der Waals surface area contributed by atoms with E-state index in [9.17, 15) is 0 Å². The summed E-state index contributed by atoms with van der Waals surface area (Å²) in [5, 5.41) is 2.41. The van der Waals surface area contributed by atoms with Gasteiger partial charge in [-0.15, -0.1) is 0 Å². The number of fused-ring (bicyclic) bond motifs is 4. The van der Waals surface area contributed by atoms with Gasteiger partial charge >= 0.3 is 0 Å². The molecule has 4 heteroatoms. The van der Waals surface area contributed by atoms with Gasteiger partial charge in [0.05, 0.1) is 11.0 Å². The minimum absolute atomic E-state index is 0.132. The molecule has 0 N–H and O–H groups in total. The van der Waals surface area contributed by atoms with Gasteiger partial charge in [-0.3, -0.25) is 0 Å². The van der Waals surface area contributed by atoms with Gasteiger partial charge in [-0.1, -0.05) is 143 Å². The molecule has 1 aliphatic rings. The lowest BCUT2D eigenvalue weighted by Crippen LogP contribution is -2.17. The molecule has 50 heavy (non-hydrogen) atoms. The minimum atomic E-state index is 0.132. The Kier molecular flexibility index (Phi) is 6.86. The minimum Gasteiger partial charge on any atom is -0.309 e. The monoisotopic (exact) mass is 646 g/mol. The van der Waals surface area contributed by atoms with Crippen LogP contribution in [-0.4, -0.2) is 19.5 Å². The van der Waals surface area contributed by atoms with Crippen molar-refractivity contribution in [1.82, 2.24) is 19.5 Å². The Morgan fingerprint density at radius 1 is 0.420 bits per heavy atom. The van der Waals surface area contributed by atoms with Crippen LogP contribution in [0, 0.1) is 0 Å². The van der Waals surface area contributed by atoms with E-state index in [0.717, 1.165) is 39.9 Å². The summed E-state index contributed by atoms with van der Waals surface area (Å²) < 4.78 is 2.33. The highest BCUT2D eigenvalue weighted by atomic mass is 15.0. The smallest absolute Gasteiger partial charge is 0.164 e. The first kappa shape index (κ1) is 30.2. The van der Waals surface area contributed by atoms with E-state index in [1.54, 1.807) is 0 Å². The highest BCUT2D eigenvalue weighted by Crippen LogP contribution is 2.50. The Morgan fingerprint density at radius 2 is 0.960 bits per heavy atom. The van der Waals surface area contributed by atoms with E-state index >= 15 is 0 Å². The summed E-state index contributed by atoms with van der Waals surface area (Å²) >= 11 is 0. The molecular formula is C46H38N4. The van der Waals surface area contributed by atoms with Crippen molar-refractivity contribution >= 4 is 21.8 Å². The summed E-state index contributed by atoms with van der Waals surface area (Å²) in [6, 6.07) is 51.5. The van der Waals surface area contributed by atoms with Crippen LogP contribution in [0.5, 0.6) is 0 Å². The van der Waals surface area contributed by atoms with Gasteiger partial charge < -0.3 is 4.57 Å². The van der Waals surface area contributed by atoms with Crippen molar-refractivity contribution in [2.24, 2.45) is 0 Å². The number of hydrogen-bond acceptors (Lipinski definition) is 3. The van der Waals surface area contributed by atoms with Gasteiger partial charge in [0.25, 0.3) is 0 Å².